The zero-order chi connectivity index (χ0) is 10.6. The van der Waals surface area contributed by atoms with Gasteiger partial charge in [0.2, 0.25) is 0 Å². The Bertz CT molecular complexity index is 232. The summed E-state index contributed by atoms with van der Waals surface area (Å²) in [5.41, 5.74) is 6.52. The average molecular weight is 197 g/mol. The molecule has 1 aliphatic heterocycles. The Balaban J connectivity index is 2.60. The van der Waals surface area contributed by atoms with Gasteiger partial charge < -0.3 is 5.73 Å². The van der Waals surface area contributed by atoms with E-state index in [1.807, 2.05) is 13.8 Å². The van der Waals surface area contributed by atoms with Crippen molar-refractivity contribution in [1.29, 1.82) is 0 Å². The molecule has 2 unspecified atom stereocenters. The minimum atomic E-state index is -0.0944. The van der Waals surface area contributed by atoms with Crippen molar-refractivity contribution in [3.05, 3.63) is 11.6 Å². The van der Waals surface area contributed by atoms with Gasteiger partial charge in [0.15, 0.2) is 5.78 Å². The van der Waals surface area contributed by atoms with E-state index >= 15 is 0 Å². The highest BCUT2D eigenvalue weighted by molar-refractivity contribution is 5.95. The molecule has 0 aliphatic carbocycles. The van der Waals surface area contributed by atoms with Crippen LogP contribution in [0.2, 0.25) is 0 Å². The van der Waals surface area contributed by atoms with Crippen LogP contribution in [-0.4, -0.2) is 31.1 Å². The summed E-state index contributed by atoms with van der Waals surface area (Å²) in [6.07, 6.45) is 2.53. The first kappa shape index (κ1) is 11.4. The summed E-state index contributed by atoms with van der Waals surface area (Å²) in [7, 11) is 0. The molecule has 1 heterocycles. The fraction of sp³-hybridized carbons (Fsp3) is 0.700. The molecular weight excluding hydrogens is 178 g/mol. The quantitative estimate of drug-likeness (QED) is 0.544. The molecule has 0 aromatic carbocycles. The molecule has 1 fully saturated rings. The first-order valence-corrected chi connectivity index (χ1v) is 5.09. The highest BCUT2D eigenvalue weighted by atomic mass is 16.1. The van der Waals surface area contributed by atoms with Gasteiger partial charge in [0, 0.05) is 19.3 Å². The van der Waals surface area contributed by atoms with Crippen molar-refractivity contribution in [2.45, 2.75) is 32.4 Å². The SMILES string of the molecule is CC/C(=C/C(=O)C1NCNC1C)CN. The molecule has 0 spiro atoms. The summed E-state index contributed by atoms with van der Waals surface area (Å²) in [6, 6.07) is 0.109. The highest BCUT2D eigenvalue weighted by Crippen LogP contribution is 2.05. The maximum atomic E-state index is 11.7. The van der Waals surface area contributed by atoms with E-state index in [1.165, 1.54) is 0 Å². The third-order valence-corrected chi connectivity index (χ3v) is 2.62. The minimum Gasteiger partial charge on any atom is -0.327 e. The second kappa shape index (κ2) is 5.24. The van der Waals surface area contributed by atoms with Gasteiger partial charge in [0.1, 0.15) is 0 Å². The third kappa shape index (κ3) is 2.64. The molecule has 2 atom stereocenters. The Kier molecular flexibility index (Phi) is 4.25. The van der Waals surface area contributed by atoms with Crippen molar-refractivity contribution in [2.24, 2.45) is 5.73 Å². The molecule has 0 radical (unpaired) electrons. The molecular formula is C10H19N3O. The Morgan fingerprint density at radius 3 is 2.71 bits per heavy atom. The van der Waals surface area contributed by atoms with Crippen molar-refractivity contribution < 1.29 is 4.79 Å². The van der Waals surface area contributed by atoms with E-state index in [0.29, 0.717) is 13.2 Å². The number of nitrogens with two attached hydrogens (primary N) is 1. The van der Waals surface area contributed by atoms with Crippen LogP contribution >= 0.6 is 0 Å². The van der Waals surface area contributed by atoms with Crippen LogP contribution in [0.5, 0.6) is 0 Å². The molecule has 1 rings (SSSR count). The van der Waals surface area contributed by atoms with Crippen molar-refractivity contribution in [2.75, 3.05) is 13.2 Å². The standard InChI is InChI=1S/C10H19N3O/c1-3-8(5-11)4-9(14)10-7(2)12-6-13-10/h4,7,10,12-13H,3,5-6,11H2,1-2H3/b8-4-. The number of nitrogens with one attached hydrogen (secondary N) is 2. The van der Waals surface area contributed by atoms with Gasteiger partial charge in [0.25, 0.3) is 0 Å². The molecule has 4 heteroatoms. The Morgan fingerprint density at radius 1 is 1.57 bits per heavy atom. The lowest BCUT2D eigenvalue weighted by Crippen LogP contribution is -2.38. The predicted octanol–water partition coefficient (Wildman–Crippen LogP) is -0.242. The number of carbonyl (C=O) groups is 1. The molecule has 0 bridgehead atoms. The van der Waals surface area contributed by atoms with Crippen LogP contribution in [0, 0.1) is 0 Å². The van der Waals surface area contributed by atoms with E-state index < -0.39 is 0 Å². The first-order chi connectivity index (χ1) is 6.69. The monoisotopic (exact) mass is 197 g/mol. The van der Waals surface area contributed by atoms with Crippen LogP contribution in [0.25, 0.3) is 0 Å². The number of rotatable bonds is 4. The Labute approximate surface area is 84.9 Å². The van der Waals surface area contributed by atoms with Gasteiger partial charge in [-0.25, -0.2) is 0 Å². The lowest BCUT2D eigenvalue weighted by atomic mass is 10.0. The van der Waals surface area contributed by atoms with Crippen LogP contribution in [0.4, 0.5) is 0 Å². The van der Waals surface area contributed by atoms with E-state index in [-0.39, 0.29) is 17.9 Å². The van der Waals surface area contributed by atoms with Crippen molar-refractivity contribution in [1.82, 2.24) is 10.6 Å². The van der Waals surface area contributed by atoms with Crippen molar-refractivity contribution in [3.8, 4) is 0 Å². The van der Waals surface area contributed by atoms with Gasteiger partial charge in [0.05, 0.1) is 6.04 Å². The minimum absolute atomic E-state index is 0.0944. The zero-order valence-corrected chi connectivity index (χ0v) is 8.84. The normalized spacial score (nSPS) is 28.1. The van der Waals surface area contributed by atoms with Gasteiger partial charge in [-0.05, 0) is 19.4 Å². The van der Waals surface area contributed by atoms with Gasteiger partial charge >= 0.3 is 0 Å². The molecule has 4 nitrogen and oxygen atoms in total. The number of ketones is 1. The first-order valence-electron chi connectivity index (χ1n) is 5.09. The van der Waals surface area contributed by atoms with Crippen LogP contribution in [0.15, 0.2) is 11.6 Å². The number of hydrogen-bond acceptors (Lipinski definition) is 4. The van der Waals surface area contributed by atoms with Crippen LogP contribution in [0.1, 0.15) is 20.3 Å². The zero-order valence-electron chi connectivity index (χ0n) is 8.84. The smallest absolute Gasteiger partial charge is 0.174 e. The molecule has 4 N–H and O–H groups in total. The molecule has 14 heavy (non-hydrogen) atoms. The van der Waals surface area contributed by atoms with E-state index in [9.17, 15) is 4.79 Å². The van der Waals surface area contributed by atoms with E-state index in [0.717, 1.165) is 12.0 Å². The predicted molar refractivity (Wildman–Crippen MR) is 56.8 cm³/mol. The largest absolute Gasteiger partial charge is 0.327 e. The topological polar surface area (TPSA) is 67.2 Å². The summed E-state index contributed by atoms with van der Waals surface area (Å²) < 4.78 is 0. The Hall–Kier alpha value is -0.710. The fourth-order valence-electron chi connectivity index (χ4n) is 1.57. The van der Waals surface area contributed by atoms with Crippen molar-refractivity contribution in [3.63, 3.8) is 0 Å². The Morgan fingerprint density at radius 2 is 2.29 bits per heavy atom. The molecule has 0 aromatic heterocycles. The third-order valence-electron chi connectivity index (χ3n) is 2.62. The summed E-state index contributed by atoms with van der Waals surface area (Å²) in [6.45, 7) is 5.19. The molecule has 1 saturated heterocycles. The maximum Gasteiger partial charge on any atom is 0.174 e. The fourth-order valence-corrected chi connectivity index (χ4v) is 1.57. The summed E-state index contributed by atoms with van der Waals surface area (Å²) in [4.78, 5) is 11.7. The van der Waals surface area contributed by atoms with E-state index in [1.54, 1.807) is 6.08 Å². The van der Waals surface area contributed by atoms with E-state index in [4.69, 9.17) is 5.73 Å². The lowest BCUT2D eigenvalue weighted by Gasteiger charge is -2.11. The summed E-state index contributed by atoms with van der Waals surface area (Å²) in [5.74, 6) is 0.129. The van der Waals surface area contributed by atoms with E-state index in [2.05, 4.69) is 10.6 Å². The van der Waals surface area contributed by atoms with Gasteiger partial charge in [-0.15, -0.1) is 0 Å². The van der Waals surface area contributed by atoms with Gasteiger partial charge in [-0.2, -0.15) is 0 Å². The summed E-state index contributed by atoms with van der Waals surface area (Å²) >= 11 is 0. The second-order valence-corrected chi connectivity index (χ2v) is 3.61. The van der Waals surface area contributed by atoms with Crippen molar-refractivity contribution >= 4 is 5.78 Å². The second-order valence-electron chi connectivity index (χ2n) is 3.61. The van der Waals surface area contributed by atoms with Crippen LogP contribution < -0.4 is 16.4 Å². The molecule has 0 saturated carbocycles. The lowest BCUT2D eigenvalue weighted by molar-refractivity contribution is -0.116. The number of carbonyl (C=O) groups excluding carboxylic acids is 1. The average Bonchev–Trinajstić information content (AvgIpc) is 2.60. The molecule has 0 aromatic rings. The molecule has 1 aliphatic rings. The highest BCUT2D eigenvalue weighted by Gasteiger charge is 2.27. The van der Waals surface area contributed by atoms with Gasteiger partial charge in [-0.3, -0.25) is 15.4 Å². The van der Waals surface area contributed by atoms with Crippen LogP contribution in [-0.2, 0) is 4.79 Å². The maximum absolute atomic E-state index is 11.7. The van der Waals surface area contributed by atoms with Crippen LogP contribution in [0.3, 0.4) is 0 Å². The summed E-state index contributed by atoms with van der Waals surface area (Å²) in [5, 5.41) is 6.28. The molecule has 0 amide bonds. The van der Waals surface area contributed by atoms with Gasteiger partial charge in [-0.1, -0.05) is 12.5 Å². The molecule has 80 valence electrons. The number of hydrogen-bond donors (Lipinski definition) is 3.